The molecule has 0 radical (unpaired) electrons. The molecular formula is C16H25NO2. The van der Waals surface area contributed by atoms with Gasteiger partial charge in [-0.2, -0.15) is 0 Å². The summed E-state index contributed by atoms with van der Waals surface area (Å²) in [5, 5.41) is 0. The fourth-order valence-corrected chi connectivity index (χ4v) is 2.23. The highest BCUT2D eigenvalue weighted by molar-refractivity contribution is 5.76. The molecule has 3 nitrogen and oxygen atoms in total. The Labute approximate surface area is 116 Å². The Morgan fingerprint density at radius 2 is 1.84 bits per heavy atom. The molecule has 0 N–H and O–H groups in total. The standard InChI is InChI=1S/C16H25NO2/c1-6-7-13-8-10-14(11-9-13)17(4)12-16(2,3)15(18)19-5/h8-11H,6-7,12H2,1-5H3. The predicted molar refractivity (Wildman–Crippen MR) is 79.5 cm³/mol. The fourth-order valence-electron chi connectivity index (χ4n) is 2.23. The van der Waals surface area contributed by atoms with Crippen LogP contribution in [0.15, 0.2) is 24.3 Å². The first kappa shape index (κ1) is 15.5. The SMILES string of the molecule is CCCc1ccc(N(C)CC(C)(C)C(=O)OC)cc1. The van der Waals surface area contributed by atoms with Crippen LogP contribution in [0, 0.1) is 5.41 Å². The third-order valence-corrected chi connectivity index (χ3v) is 3.29. The number of anilines is 1. The average Bonchev–Trinajstić information content (AvgIpc) is 2.38. The molecule has 0 heterocycles. The Morgan fingerprint density at radius 1 is 1.26 bits per heavy atom. The minimum absolute atomic E-state index is 0.179. The summed E-state index contributed by atoms with van der Waals surface area (Å²) < 4.78 is 4.84. The molecule has 0 bridgehead atoms. The van der Waals surface area contributed by atoms with E-state index in [0.717, 1.165) is 18.5 Å². The van der Waals surface area contributed by atoms with E-state index in [2.05, 4.69) is 36.1 Å². The number of carbonyl (C=O) groups is 1. The second kappa shape index (κ2) is 6.60. The van der Waals surface area contributed by atoms with Crippen LogP contribution >= 0.6 is 0 Å². The number of rotatable bonds is 6. The smallest absolute Gasteiger partial charge is 0.313 e. The Hall–Kier alpha value is -1.51. The Bertz CT molecular complexity index is 409. The van der Waals surface area contributed by atoms with Crippen LogP contribution in [0.5, 0.6) is 0 Å². The van der Waals surface area contributed by atoms with E-state index in [9.17, 15) is 4.79 Å². The van der Waals surface area contributed by atoms with Gasteiger partial charge in [0.2, 0.25) is 0 Å². The number of nitrogens with zero attached hydrogens (tertiary/aromatic N) is 1. The number of methoxy groups -OCH3 is 1. The number of aryl methyl sites for hydroxylation is 1. The van der Waals surface area contributed by atoms with Crippen LogP contribution in [0.1, 0.15) is 32.8 Å². The van der Waals surface area contributed by atoms with Crippen molar-refractivity contribution in [2.45, 2.75) is 33.6 Å². The maximum absolute atomic E-state index is 11.7. The first-order chi connectivity index (χ1) is 8.90. The van der Waals surface area contributed by atoms with E-state index in [1.165, 1.54) is 12.7 Å². The van der Waals surface area contributed by atoms with Crippen LogP contribution in [0.2, 0.25) is 0 Å². The Kier molecular flexibility index (Phi) is 5.40. The van der Waals surface area contributed by atoms with Crippen LogP contribution in [-0.2, 0) is 16.0 Å². The summed E-state index contributed by atoms with van der Waals surface area (Å²) in [5.74, 6) is -0.179. The lowest BCUT2D eigenvalue weighted by molar-refractivity contribution is -0.150. The third kappa shape index (κ3) is 4.27. The summed E-state index contributed by atoms with van der Waals surface area (Å²) in [6.45, 7) is 6.62. The number of esters is 1. The topological polar surface area (TPSA) is 29.5 Å². The van der Waals surface area contributed by atoms with Gasteiger partial charge in [-0.3, -0.25) is 4.79 Å². The minimum atomic E-state index is -0.508. The third-order valence-electron chi connectivity index (χ3n) is 3.29. The van der Waals surface area contributed by atoms with Crippen molar-refractivity contribution in [1.29, 1.82) is 0 Å². The number of benzene rings is 1. The summed E-state index contributed by atoms with van der Waals surface area (Å²) in [6.07, 6.45) is 2.27. The van der Waals surface area contributed by atoms with E-state index in [1.807, 2.05) is 20.9 Å². The maximum atomic E-state index is 11.7. The van der Waals surface area contributed by atoms with E-state index in [1.54, 1.807) is 0 Å². The van der Waals surface area contributed by atoms with Gasteiger partial charge in [0.15, 0.2) is 0 Å². The van der Waals surface area contributed by atoms with Crippen molar-refractivity contribution in [3.63, 3.8) is 0 Å². The van der Waals surface area contributed by atoms with E-state index in [4.69, 9.17) is 4.74 Å². The molecule has 106 valence electrons. The molecule has 0 spiro atoms. The molecule has 0 atom stereocenters. The van der Waals surface area contributed by atoms with Crippen molar-refractivity contribution in [2.75, 3.05) is 25.6 Å². The van der Waals surface area contributed by atoms with E-state index in [-0.39, 0.29) is 5.97 Å². The zero-order valence-corrected chi connectivity index (χ0v) is 12.7. The molecule has 0 aliphatic rings. The van der Waals surface area contributed by atoms with Crippen molar-refractivity contribution < 1.29 is 9.53 Å². The summed E-state index contributed by atoms with van der Waals surface area (Å²) >= 11 is 0. The Balaban J connectivity index is 2.72. The molecule has 0 fully saturated rings. The first-order valence-corrected chi connectivity index (χ1v) is 6.79. The number of carbonyl (C=O) groups excluding carboxylic acids is 1. The van der Waals surface area contributed by atoms with Gasteiger partial charge in [-0.15, -0.1) is 0 Å². The molecule has 0 amide bonds. The largest absolute Gasteiger partial charge is 0.469 e. The van der Waals surface area contributed by atoms with E-state index in [0.29, 0.717) is 6.54 Å². The molecule has 0 aliphatic heterocycles. The summed E-state index contributed by atoms with van der Waals surface area (Å²) in [6, 6.07) is 8.53. The molecule has 0 aliphatic carbocycles. The molecule has 3 heteroatoms. The first-order valence-electron chi connectivity index (χ1n) is 6.79. The van der Waals surface area contributed by atoms with E-state index < -0.39 is 5.41 Å². The van der Waals surface area contributed by atoms with Gasteiger partial charge >= 0.3 is 5.97 Å². The normalized spacial score (nSPS) is 11.2. The van der Waals surface area contributed by atoms with Gasteiger partial charge < -0.3 is 9.64 Å². The van der Waals surface area contributed by atoms with Gasteiger partial charge in [0.1, 0.15) is 0 Å². The summed E-state index contributed by atoms with van der Waals surface area (Å²) in [4.78, 5) is 13.8. The van der Waals surface area contributed by atoms with Gasteiger partial charge in [0.05, 0.1) is 12.5 Å². The van der Waals surface area contributed by atoms with Crippen molar-refractivity contribution in [3.05, 3.63) is 29.8 Å². The van der Waals surface area contributed by atoms with Crippen molar-refractivity contribution in [3.8, 4) is 0 Å². The molecule has 19 heavy (non-hydrogen) atoms. The molecule has 0 saturated carbocycles. The highest BCUT2D eigenvalue weighted by Crippen LogP contribution is 2.23. The molecule has 0 saturated heterocycles. The number of hydrogen-bond acceptors (Lipinski definition) is 3. The van der Waals surface area contributed by atoms with Crippen molar-refractivity contribution in [1.82, 2.24) is 0 Å². The monoisotopic (exact) mass is 263 g/mol. The molecule has 1 aromatic rings. The molecule has 0 unspecified atom stereocenters. The lowest BCUT2D eigenvalue weighted by Crippen LogP contribution is -2.38. The Morgan fingerprint density at radius 3 is 2.32 bits per heavy atom. The van der Waals surface area contributed by atoms with E-state index >= 15 is 0 Å². The lowest BCUT2D eigenvalue weighted by Gasteiger charge is -2.29. The lowest BCUT2D eigenvalue weighted by atomic mass is 9.93. The molecular weight excluding hydrogens is 238 g/mol. The quantitative estimate of drug-likeness (QED) is 0.738. The maximum Gasteiger partial charge on any atom is 0.313 e. The zero-order chi connectivity index (χ0) is 14.5. The van der Waals surface area contributed by atoms with Crippen LogP contribution in [0.4, 0.5) is 5.69 Å². The second-order valence-corrected chi connectivity index (χ2v) is 5.65. The minimum Gasteiger partial charge on any atom is -0.469 e. The van der Waals surface area contributed by atoms with Gasteiger partial charge in [0, 0.05) is 19.3 Å². The summed E-state index contributed by atoms with van der Waals surface area (Å²) in [5.41, 5.74) is 1.97. The highest BCUT2D eigenvalue weighted by Gasteiger charge is 2.30. The highest BCUT2D eigenvalue weighted by atomic mass is 16.5. The van der Waals surface area contributed by atoms with Gasteiger partial charge in [-0.25, -0.2) is 0 Å². The van der Waals surface area contributed by atoms with Crippen LogP contribution < -0.4 is 4.90 Å². The van der Waals surface area contributed by atoms with Crippen molar-refractivity contribution >= 4 is 11.7 Å². The molecule has 1 rings (SSSR count). The van der Waals surface area contributed by atoms with Crippen LogP contribution in [0.25, 0.3) is 0 Å². The average molecular weight is 263 g/mol. The van der Waals surface area contributed by atoms with Gasteiger partial charge in [-0.05, 0) is 38.0 Å². The molecule has 1 aromatic carbocycles. The second-order valence-electron chi connectivity index (χ2n) is 5.65. The summed E-state index contributed by atoms with van der Waals surface area (Å²) in [7, 11) is 3.43. The van der Waals surface area contributed by atoms with Crippen molar-refractivity contribution in [2.24, 2.45) is 5.41 Å². The number of ether oxygens (including phenoxy) is 1. The number of hydrogen-bond donors (Lipinski definition) is 0. The molecule has 0 aromatic heterocycles. The van der Waals surface area contributed by atoms with Crippen LogP contribution in [0.3, 0.4) is 0 Å². The zero-order valence-electron chi connectivity index (χ0n) is 12.7. The fraction of sp³-hybridized carbons (Fsp3) is 0.562. The van der Waals surface area contributed by atoms with Gasteiger partial charge in [-0.1, -0.05) is 25.5 Å². The predicted octanol–water partition coefficient (Wildman–Crippen LogP) is 3.27. The van der Waals surface area contributed by atoms with Crippen LogP contribution in [-0.4, -0.2) is 26.7 Å². The van der Waals surface area contributed by atoms with Gasteiger partial charge in [0.25, 0.3) is 0 Å².